The molecule has 2 atom stereocenters. The van der Waals surface area contributed by atoms with Crippen molar-refractivity contribution in [2.75, 3.05) is 13.1 Å². The minimum absolute atomic E-state index is 0.0601. The monoisotopic (exact) mass is 394 g/mol. The quantitative estimate of drug-likeness (QED) is 0.508. The largest absolute Gasteiger partial charge is 0.480 e. The van der Waals surface area contributed by atoms with Gasteiger partial charge in [0, 0.05) is 19.5 Å². The molecule has 0 aromatic heterocycles. The summed E-state index contributed by atoms with van der Waals surface area (Å²) in [5, 5.41) is 9.32. The highest BCUT2D eigenvalue weighted by molar-refractivity contribution is 5.91. The number of aliphatic carboxylic acids is 1. The van der Waals surface area contributed by atoms with Gasteiger partial charge in [-0.25, -0.2) is 4.79 Å². The van der Waals surface area contributed by atoms with Gasteiger partial charge in [-0.2, -0.15) is 0 Å². The fraction of sp³-hybridized carbons (Fsp3) is 0.864. The van der Waals surface area contributed by atoms with Crippen molar-refractivity contribution in [2.45, 2.75) is 109 Å². The first-order chi connectivity index (χ1) is 13.6. The number of unbranched alkanes of at least 4 members (excludes halogenated alkanes) is 8. The lowest BCUT2D eigenvalue weighted by atomic mass is 10.1. The van der Waals surface area contributed by atoms with E-state index < -0.39 is 18.1 Å². The van der Waals surface area contributed by atoms with E-state index in [0.717, 1.165) is 25.7 Å². The van der Waals surface area contributed by atoms with E-state index in [-0.39, 0.29) is 11.8 Å². The van der Waals surface area contributed by atoms with Gasteiger partial charge in [0.25, 0.3) is 0 Å². The summed E-state index contributed by atoms with van der Waals surface area (Å²) in [6.07, 6.45) is 14.1. The van der Waals surface area contributed by atoms with Gasteiger partial charge in [-0.15, -0.1) is 0 Å². The summed E-state index contributed by atoms with van der Waals surface area (Å²) in [7, 11) is 0. The van der Waals surface area contributed by atoms with E-state index in [0.29, 0.717) is 32.4 Å². The SMILES string of the molecule is CCCCCCCCCCCC(=O)N1CCC[C@H]1C(=O)N1CCC[C@H]1C(=O)O. The average molecular weight is 395 g/mol. The summed E-state index contributed by atoms with van der Waals surface area (Å²) in [6.45, 7) is 3.34. The summed E-state index contributed by atoms with van der Waals surface area (Å²) in [5.41, 5.74) is 0. The third-order valence-electron chi connectivity index (χ3n) is 6.17. The molecule has 160 valence electrons. The molecule has 0 unspecified atom stereocenters. The summed E-state index contributed by atoms with van der Waals surface area (Å²) in [4.78, 5) is 40.1. The molecule has 0 aromatic rings. The van der Waals surface area contributed by atoms with Crippen molar-refractivity contribution in [3.8, 4) is 0 Å². The summed E-state index contributed by atoms with van der Waals surface area (Å²) >= 11 is 0. The first kappa shape index (κ1) is 22.7. The van der Waals surface area contributed by atoms with Crippen molar-refractivity contribution in [1.29, 1.82) is 0 Å². The molecule has 2 rings (SSSR count). The first-order valence-electron chi connectivity index (χ1n) is 11.4. The van der Waals surface area contributed by atoms with Crippen LogP contribution in [0.2, 0.25) is 0 Å². The molecule has 0 aromatic carbocycles. The maximum absolute atomic E-state index is 12.9. The molecular formula is C22H38N2O4. The van der Waals surface area contributed by atoms with E-state index in [1.807, 2.05) is 0 Å². The van der Waals surface area contributed by atoms with Crippen molar-refractivity contribution < 1.29 is 19.5 Å². The predicted octanol–water partition coefficient (Wildman–Crippen LogP) is 3.97. The van der Waals surface area contributed by atoms with Crippen LogP contribution >= 0.6 is 0 Å². The van der Waals surface area contributed by atoms with Gasteiger partial charge in [0.2, 0.25) is 11.8 Å². The van der Waals surface area contributed by atoms with Crippen LogP contribution in [0.15, 0.2) is 0 Å². The van der Waals surface area contributed by atoms with E-state index in [2.05, 4.69) is 6.92 Å². The number of likely N-dealkylation sites (tertiary alicyclic amines) is 2. The van der Waals surface area contributed by atoms with Gasteiger partial charge in [-0.05, 0) is 32.1 Å². The Kier molecular flexibility index (Phi) is 9.79. The minimum Gasteiger partial charge on any atom is -0.480 e. The molecular weight excluding hydrogens is 356 g/mol. The summed E-state index contributed by atoms with van der Waals surface area (Å²) < 4.78 is 0. The Labute approximate surface area is 169 Å². The van der Waals surface area contributed by atoms with Crippen molar-refractivity contribution in [2.24, 2.45) is 0 Å². The van der Waals surface area contributed by atoms with Gasteiger partial charge in [-0.3, -0.25) is 9.59 Å². The molecule has 2 heterocycles. The Morgan fingerprint density at radius 1 is 0.786 bits per heavy atom. The van der Waals surface area contributed by atoms with Crippen LogP contribution in [0.25, 0.3) is 0 Å². The van der Waals surface area contributed by atoms with Gasteiger partial charge in [0.15, 0.2) is 0 Å². The number of carboxylic acid groups (broad SMARTS) is 1. The average Bonchev–Trinajstić information content (AvgIpc) is 3.35. The normalized spacial score (nSPS) is 22.0. The third kappa shape index (κ3) is 6.49. The molecule has 28 heavy (non-hydrogen) atoms. The molecule has 0 spiro atoms. The van der Waals surface area contributed by atoms with Crippen LogP contribution in [-0.4, -0.2) is 57.9 Å². The highest BCUT2D eigenvalue weighted by atomic mass is 16.4. The van der Waals surface area contributed by atoms with Crippen LogP contribution in [0.1, 0.15) is 96.8 Å². The zero-order valence-corrected chi connectivity index (χ0v) is 17.5. The van der Waals surface area contributed by atoms with Crippen molar-refractivity contribution in [1.82, 2.24) is 9.80 Å². The molecule has 6 nitrogen and oxygen atoms in total. The number of hydrogen-bond donors (Lipinski definition) is 1. The lowest BCUT2D eigenvalue weighted by Gasteiger charge is -2.30. The van der Waals surface area contributed by atoms with Gasteiger partial charge >= 0.3 is 5.97 Å². The summed E-state index contributed by atoms with van der Waals surface area (Å²) in [6, 6.07) is -1.17. The number of carbonyl (C=O) groups is 3. The fourth-order valence-electron chi connectivity index (χ4n) is 4.53. The summed E-state index contributed by atoms with van der Waals surface area (Å²) in [5.74, 6) is -1.04. The van der Waals surface area contributed by atoms with E-state index in [9.17, 15) is 19.5 Å². The molecule has 1 N–H and O–H groups in total. The van der Waals surface area contributed by atoms with Crippen LogP contribution < -0.4 is 0 Å². The third-order valence-corrected chi connectivity index (χ3v) is 6.17. The molecule has 2 aliphatic heterocycles. The van der Waals surface area contributed by atoms with E-state index in [1.54, 1.807) is 4.90 Å². The zero-order valence-electron chi connectivity index (χ0n) is 17.5. The Hall–Kier alpha value is -1.59. The van der Waals surface area contributed by atoms with E-state index in [1.165, 1.54) is 49.8 Å². The Morgan fingerprint density at radius 3 is 1.93 bits per heavy atom. The first-order valence-corrected chi connectivity index (χ1v) is 11.4. The standard InChI is InChI=1S/C22H38N2O4/c1-2-3-4-5-6-7-8-9-10-15-20(25)23-16-11-13-18(23)21(26)24-17-12-14-19(24)22(27)28/h18-19H,2-17H2,1H3,(H,27,28)/t18-,19-/m0/s1. The van der Waals surface area contributed by atoms with Gasteiger partial charge < -0.3 is 14.9 Å². The molecule has 0 radical (unpaired) electrons. The number of carbonyl (C=O) groups excluding carboxylic acids is 2. The maximum Gasteiger partial charge on any atom is 0.326 e. The zero-order chi connectivity index (χ0) is 20.4. The number of rotatable bonds is 12. The molecule has 6 heteroatoms. The number of hydrogen-bond acceptors (Lipinski definition) is 3. The molecule has 0 aliphatic carbocycles. The number of amides is 2. The second-order valence-electron chi connectivity index (χ2n) is 8.35. The van der Waals surface area contributed by atoms with Crippen molar-refractivity contribution in [3.05, 3.63) is 0 Å². The molecule has 2 amide bonds. The Balaban J connectivity index is 1.69. The maximum atomic E-state index is 12.9. The Bertz CT molecular complexity index is 523. The van der Waals surface area contributed by atoms with Crippen LogP contribution in [0.4, 0.5) is 0 Å². The molecule has 2 aliphatic rings. The van der Waals surface area contributed by atoms with Crippen LogP contribution in [-0.2, 0) is 14.4 Å². The highest BCUT2D eigenvalue weighted by Gasteiger charge is 2.41. The molecule has 2 fully saturated rings. The van der Waals surface area contributed by atoms with E-state index in [4.69, 9.17) is 0 Å². The Morgan fingerprint density at radius 2 is 1.32 bits per heavy atom. The molecule has 2 saturated heterocycles. The lowest BCUT2D eigenvalue weighted by molar-refractivity contribution is -0.151. The number of nitrogens with zero attached hydrogens (tertiary/aromatic N) is 2. The second-order valence-corrected chi connectivity index (χ2v) is 8.35. The van der Waals surface area contributed by atoms with Crippen LogP contribution in [0, 0.1) is 0 Å². The van der Waals surface area contributed by atoms with Crippen molar-refractivity contribution >= 4 is 17.8 Å². The predicted molar refractivity (Wildman–Crippen MR) is 109 cm³/mol. The molecule has 0 bridgehead atoms. The molecule has 0 saturated carbocycles. The van der Waals surface area contributed by atoms with Gasteiger partial charge in [0.05, 0.1) is 0 Å². The van der Waals surface area contributed by atoms with Gasteiger partial charge in [-0.1, -0.05) is 58.3 Å². The minimum atomic E-state index is -0.934. The van der Waals surface area contributed by atoms with Crippen molar-refractivity contribution in [3.63, 3.8) is 0 Å². The smallest absolute Gasteiger partial charge is 0.326 e. The fourth-order valence-corrected chi connectivity index (χ4v) is 4.53. The lowest BCUT2D eigenvalue weighted by Crippen LogP contribution is -2.50. The topological polar surface area (TPSA) is 77.9 Å². The van der Waals surface area contributed by atoms with E-state index >= 15 is 0 Å². The van der Waals surface area contributed by atoms with Gasteiger partial charge in [0.1, 0.15) is 12.1 Å². The second kappa shape index (κ2) is 12.1. The number of carboxylic acids is 1. The highest BCUT2D eigenvalue weighted by Crippen LogP contribution is 2.26. The van der Waals surface area contributed by atoms with Crippen LogP contribution in [0.3, 0.4) is 0 Å². The van der Waals surface area contributed by atoms with Crippen LogP contribution in [0.5, 0.6) is 0 Å².